The first-order chi connectivity index (χ1) is 17.9. The molecule has 1 fully saturated rings. The normalized spacial score (nSPS) is 14.9. The number of carbonyl (C=O) groups is 2. The van der Waals surface area contributed by atoms with E-state index in [2.05, 4.69) is 30.6 Å². The monoisotopic (exact) mass is 523 g/mol. The molecule has 0 saturated carbocycles. The van der Waals surface area contributed by atoms with Gasteiger partial charge in [-0.05, 0) is 91.6 Å². The molecule has 11 nitrogen and oxygen atoms in total. The minimum absolute atomic E-state index is 0.157. The van der Waals surface area contributed by atoms with Gasteiger partial charge >= 0.3 is 6.09 Å². The largest absolute Gasteiger partial charge is 0.458 e. The minimum Gasteiger partial charge on any atom is -0.458 e. The van der Waals surface area contributed by atoms with Crippen molar-refractivity contribution in [3.8, 4) is 17.4 Å². The molecule has 204 valence electrons. The Balaban J connectivity index is 1.37. The first kappa shape index (κ1) is 27.3. The summed E-state index contributed by atoms with van der Waals surface area (Å²) >= 11 is 0. The number of hydrogen-bond acceptors (Lipinski definition) is 8. The van der Waals surface area contributed by atoms with E-state index in [0.29, 0.717) is 35.7 Å². The molecule has 1 aliphatic heterocycles. The van der Waals surface area contributed by atoms with Crippen molar-refractivity contribution in [2.75, 3.05) is 31.5 Å². The third kappa shape index (κ3) is 7.41. The lowest BCUT2D eigenvalue weighted by molar-refractivity contribution is -0.117. The van der Waals surface area contributed by atoms with Gasteiger partial charge in [0.2, 0.25) is 5.91 Å². The molecule has 3 aromatic heterocycles. The van der Waals surface area contributed by atoms with Gasteiger partial charge in [-0.3, -0.25) is 9.69 Å². The van der Waals surface area contributed by atoms with Crippen LogP contribution in [-0.2, 0) is 9.53 Å². The van der Waals surface area contributed by atoms with E-state index in [1.54, 1.807) is 10.7 Å². The lowest BCUT2D eigenvalue weighted by Gasteiger charge is -2.31. The average Bonchev–Trinajstić information content (AvgIpc) is 3.41. The summed E-state index contributed by atoms with van der Waals surface area (Å²) in [6.45, 7) is 13.6. The zero-order valence-electron chi connectivity index (χ0n) is 23.0. The van der Waals surface area contributed by atoms with Gasteiger partial charge in [0.25, 0.3) is 0 Å². The fraction of sp³-hybridized carbons (Fsp3) is 0.519. The molecule has 1 aliphatic rings. The van der Waals surface area contributed by atoms with Gasteiger partial charge in [-0.1, -0.05) is 0 Å². The molecule has 0 atom stereocenters. The van der Waals surface area contributed by atoms with Crippen LogP contribution < -0.4 is 10.6 Å². The van der Waals surface area contributed by atoms with E-state index < -0.39 is 11.7 Å². The molecule has 0 aromatic carbocycles. The summed E-state index contributed by atoms with van der Waals surface area (Å²) in [6.07, 6.45) is 1.38. The van der Waals surface area contributed by atoms with E-state index >= 15 is 0 Å². The summed E-state index contributed by atoms with van der Waals surface area (Å²) in [5.74, 6) is 2.76. The molecular weight excluding hydrogens is 486 g/mol. The predicted molar refractivity (Wildman–Crippen MR) is 143 cm³/mol. The van der Waals surface area contributed by atoms with Crippen LogP contribution in [-0.4, -0.2) is 68.4 Å². The number of aromatic nitrogens is 4. The molecule has 0 radical (unpaired) electrons. The minimum atomic E-state index is -0.515. The van der Waals surface area contributed by atoms with Crippen LogP contribution in [0.4, 0.5) is 10.6 Å². The Morgan fingerprint density at radius 1 is 1.11 bits per heavy atom. The summed E-state index contributed by atoms with van der Waals surface area (Å²) in [7, 11) is 0. The van der Waals surface area contributed by atoms with Crippen LogP contribution in [0.15, 0.2) is 28.7 Å². The predicted octanol–water partition coefficient (Wildman–Crippen LogP) is 4.02. The highest BCUT2D eigenvalue weighted by Gasteiger charge is 2.23. The van der Waals surface area contributed by atoms with Gasteiger partial charge in [0.1, 0.15) is 17.2 Å². The van der Waals surface area contributed by atoms with Gasteiger partial charge in [-0.2, -0.15) is 5.10 Å². The number of nitrogens with zero attached hydrogens (tertiary/aromatic N) is 5. The summed E-state index contributed by atoms with van der Waals surface area (Å²) in [6, 6.07) is 7.33. The first-order valence-electron chi connectivity index (χ1n) is 12.9. The number of furan rings is 1. The molecule has 0 bridgehead atoms. The number of anilines is 1. The molecule has 38 heavy (non-hydrogen) atoms. The zero-order chi connectivity index (χ0) is 27.4. The molecule has 4 heterocycles. The van der Waals surface area contributed by atoms with Crippen LogP contribution in [0.2, 0.25) is 0 Å². The number of ether oxygens (including phenoxy) is 1. The molecule has 4 rings (SSSR count). The standard InChI is InChI=1S/C27H37N7O4/c1-17-13-18(2)34(32-17)23-14-22(30-25(31-23)21-8-7-19(3)37-21)29-24(35)16-33-11-9-20(10-12-33)15-28-26(36)38-27(4,5)6/h7-8,13-14,20H,9-12,15-16H2,1-6H3,(H,28,36)(H,29,30,31,35). The zero-order valence-corrected chi connectivity index (χ0v) is 23.0. The topological polar surface area (TPSA) is 127 Å². The van der Waals surface area contributed by atoms with E-state index in [-0.39, 0.29) is 12.5 Å². The lowest BCUT2D eigenvalue weighted by atomic mass is 9.97. The summed E-state index contributed by atoms with van der Waals surface area (Å²) < 4.78 is 12.8. The van der Waals surface area contributed by atoms with Gasteiger partial charge < -0.3 is 19.8 Å². The molecule has 0 aliphatic carbocycles. The van der Waals surface area contributed by atoms with E-state index in [1.807, 2.05) is 59.7 Å². The molecule has 2 N–H and O–H groups in total. The van der Waals surface area contributed by atoms with E-state index in [1.165, 1.54) is 0 Å². The fourth-order valence-electron chi connectivity index (χ4n) is 4.41. The van der Waals surface area contributed by atoms with Crippen molar-refractivity contribution in [1.82, 2.24) is 30.0 Å². The smallest absolute Gasteiger partial charge is 0.407 e. The van der Waals surface area contributed by atoms with Crippen molar-refractivity contribution >= 4 is 17.8 Å². The van der Waals surface area contributed by atoms with Crippen LogP contribution >= 0.6 is 0 Å². The highest BCUT2D eigenvalue weighted by atomic mass is 16.6. The second-order valence-corrected chi connectivity index (χ2v) is 10.8. The molecule has 0 unspecified atom stereocenters. The lowest BCUT2D eigenvalue weighted by Crippen LogP contribution is -2.42. The fourth-order valence-corrected chi connectivity index (χ4v) is 4.41. The number of aryl methyl sites for hydroxylation is 3. The number of nitrogens with one attached hydrogen (secondary N) is 2. The van der Waals surface area contributed by atoms with Crippen molar-refractivity contribution in [3.05, 3.63) is 41.4 Å². The summed E-state index contributed by atoms with van der Waals surface area (Å²) in [5.41, 5.74) is 1.27. The Labute approximate surface area is 223 Å². The van der Waals surface area contributed by atoms with Crippen molar-refractivity contribution in [1.29, 1.82) is 0 Å². The SMILES string of the molecule is Cc1cc(C)n(-c2cc(NC(=O)CN3CCC(CNC(=O)OC(C)(C)C)CC3)nc(-c3ccc(C)o3)n2)n1. The quantitative estimate of drug-likeness (QED) is 0.475. The van der Waals surface area contributed by atoms with Crippen LogP contribution in [0.25, 0.3) is 17.4 Å². The number of alkyl carbamates (subject to hydrolysis) is 1. The summed E-state index contributed by atoms with van der Waals surface area (Å²) in [5, 5.41) is 10.3. The van der Waals surface area contributed by atoms with Gasteiger partial charge in [0, 0.05) is 18.3 Å². The number of likely N-dealkylation sites (tertiary alicyclic amines) is 1. The van der Waals surface area contributed by atoms with Gasteiger partial charge in [-0.15, -0.1) is 0 Å². The maximum Gasteiger partial charge on any atom is 0.407 e. The van der Waals surface area contributed by atoms with Crippen molar-refractivity contribution < 1.29 is 18.7 Å². The van der Waals surface area contributed by atoms with Crippen LogP contribution in [0.5, 0.6) is 0 Å². The third-order valence-electron chi connectivity index (χ3n) is 6.18. The molecule has 2 amide bonds. The van der Waals surface area contributed by atoms with Crippen LogP contribution in [0, 0.1) is 26.7 Å². The highest BCUT2D eigenvalue weighted by Crippen LogP contribution is 2.23. The number of piperidine rings is 1. The Kier molecular flexibility index (Phi) is 8.15. The van der Waals surface area contributed by atoms with Gasteiger partial charge in [-0.25, -0.2) is 19.4 Å². The molecular formula is C27H37N7O4. The average molecular weight is 524 g/mol. The van der Waals surface area contributed by atoms with Gasteiger partial charge in [0.05, 0.1) is 12.2 Å². The van der Waals surface area contributed by atoms with E-state index in [4.69, 9.17) is 9.15 Å². The summed E-state index contributed by atoms with van der Waals surface area (Å²) in [4.78, 5) is 36.2. The Hall–Kier alpha value is -3.73. The van der Waals surface area contributed by atoms with Gasteiger partial charge in [0.15, 0.2) is 17.4 Å². The number of hydrogen-bond donors (Lipinski definition) is 2. The second-order valence-electron chi connectivity index (χ2n) is 10.8. The number of rotatable bonds is 7. The molecule has 1 saturated heterocycles. The third-order valence-corrected chi connectivity index (χ3v) is 6.18. The molecule has 11 heteroatoms. The number of amides is 2. The molecule has 3 aromatic rings. The molecule has 0 spiro atoms. The van der Waals surface area contributed by atoms with E-state index in [0.717, 1.165) is 43.1 Å². The Morgan fingerprint density at radius 3 is 2.45 bits per heavy atom. The maximum atomic E-state index is 12.9. The van der Waals surface area contributed by atoms with E-state index in [9.17, 15) is 9.59 Å². The van der Waals surface area contributed by atoms with Crippen LogP contribution in [0.1, 0.15) is 50.8 Å². The highest BCUT2D eigenvalue weighted by molar-refractivity contribution is 5.91. The van der Waals surface area contributed by atoms with Crippen molar-refractivity contribution in [2.24, 2.45) is 5.92 Å². The van der Waals surface area contributed by atoms with Crippen LogP contribution in [0.3, 0.4) is 0 Å². The van der Waals surface area contributed by atoms with Crippen molar-refractivity contribution in [3.63, 3.8) is 0 Å². The maximum absolute atomic E-state index is 12.9. The first-order valence-corrected chi connectivity index (χ1v) is 12.9. The van der Waals surface area contributed by atoms with Crippen molar-refractivity contribution in [2.45, 2.75) is 60.0 Å². The number of carbonyl (C=O) groups excluding carboxylic acids is 2. The second kappa shape index (κ2) is 11.3. The Morgan fingerprint density at radius 2 is 1.84 bits per heavy atom. The Bertz CT molecular complexity index is 1280.